The summed E-state index contributed by atoms with van der Waals surface area (Å²) in [6.07, 6.45) is 0.135. The van der Waals surface area contributed by atoms with E-state index < -0.39 is 16.1 Å². The molecule has 1 atom stereocenters. The first-order valence-electron chi connectivity index (χ1n) is 9.74. The number of hydrogen-bond donors (Lipinski definition) is 0. The number of amides is 2. The Morgan fingerprint density at radius 1 is 0.900 bits per heavy atom. The molecular weight excluding hydrogens is 426 g/mol. The third-order valence-electron chi connectivity index (χ3n) is 5.57. The number of carbonyl (C=O) groups is 2. The summed E-state index contributed by atoms with van der Waals surface area (Å²) in [6, 6.07) is 15.0. The molecule has 2 aromatic carbocycles. The topological polar surface area (TPSA) is 78.0 Å². The maximum atomic E-state index is 12.9. The van der Waals surface area contributed by atoms with E-state index in [2.05, 4.69) is 0 Å². The van der Waals surface area contributed by atoms with Crippen LogP contribution in [0.3, 0.4) is 0 Å². The number of carbonyl (C=O) groups excluding carboxylic acids is 2. The zero-order valence-corrected chi connectivity index (χ0v) is 17.8. The monoisotopic (exact) mass is 447 g/mol. The number of likely N-dealkylation sites (tertiary alicyclic amines) is 1. The van der Waals surface area contributed by atoms with Crippen LogP contribution < -0.4 is 0 Å². The van der Waals surface area contributed by atoms with Crippen LogP contribution in [0.4, 0.5) is 0 Å². The van der Waals surface area contributed by atoms with Crippen LogP contribution in [-0.4, -0.2) is 66.6 Å². The predicted molar refractivity (Wildman–Crippen MR) is 112 cm³/mol. The lowest BCUT2D eigenvalue weighted by Gasteiger charge is -2.36. The highest BCUT2D eigenvalue weighted by Crippen LogP contribution is 2.25. The Hall–Kier alpha value is -2.26. The molecule has 2 fully saturated rings. The van der Waals surface area contributed by atoms with Gasteiger partial charge in [-0.05, 0) is 29.8 Å². The maximum Gasteiger partial charge on any atom is 0.247 e. The molecule has 0 spiro atoms. The molecule has 2 aliphatic rings. The first-order valence-corrected chi connectivity index (χ1v) is 11.6. The minimum Gasteiger partial charge on any atom is -0.289 e. The van der Waals surface area contributed by atoms with Crippen molar-refractivity contribution in [2.24, 2.45) is 0 Å². The highest BCUT2D eigenvalue weighted by molar-refractivity contribution is 7.89. The fourth-order valence-corrected chi connectivity index (χ4v) is 5.44. The Morgan fingerprint density at radius 3 is 2.17 bits per heavy atom. The summed E-state index contributed by atoms with van der Waals surface area (Å²) in [4.78, 5) is 28.7. The molecule has 7 nitrogen and oxygen atoms in total. The van der Waals surface area contributed by atoms with Crippen LogP contribution in [-0.2, 0) is 26.2 Å². The number of imide groups is 1. The Labute approximate surface area is 180 Å². The Bertz CT molecular complexity index is 1040. The second kappa shape index (κ2) is 8.47. The summed E-state index contributed by atoms with van der Waals surface area (Å²) in [5, 5.41) is 0.475. The Kier molecular flexibility index (Phi) is 5.92. The van der Waals surface area contributed by atoms with Gasteiger partial charge in [-0.25, -0.2) is 8.42 Å². The van der Waals surface area contributed by atoms with Crippen molar-refractivity contribution in [1.82, 2.24) is 14.1 Å². The second-order valence-corrected chi connectivity index (χ2v) is 9.79. The van der Waals surface area contributed by atoms with Gasteiger partial charge in [0.15, 0.2) is 0 Å². The highest BCUT2D eigenvalue weighted by atomic mass is 35.5. The van der Waals surface area contributed by atoms with Crippen molar-refractivity contribution < 1.29 is 18.0 Å². The first kappa shape index (κ1) is 21.0. The minimum atomic E-state index is -3.62. The van der Waals surface area contributed by atoms with E-state index in [-0.39, 0.29) is 42.8 Å². The number of nitrogens with zero attached hydrogens (tertiary/aromatic N) is 3. The van der Waals surface area contributed by atoms with E-state index in [9.17, 15) is 18.0 Å². The molecule has 0 radical (unpaired) electrons. The smallest absolute Gasteiger partial charge is 0.247 e. The SMILES string of the molecule is O=C1C[C@H](N2CCN(S(=O)(=O)c3ccc(Cl)cc3)CC2)C(=O)N1Cc1ccccc1. The number of sulfonamides is 1. The molecule has 0 aliphatic carbocycles. The van der Waals surface area contributed by atoms with E-state index >= 15 is 0 Å². The summed E-state index contributed by atoms with van der Waals surface area (Å²) in [5.41, 5.74) is 0.902. The molecule has 9 heteroatoms. The third-order valence-corrected chi connectivity index (χ3v) is 7.73. The molecule has 4 rings (SSSR count). The summed E-state index contributed by atoms with van der Waals surface area (Å²) in [7, 11) is -3.62. The standard InChI is InChI=1S/C21H22ClN3O4S/c22-17-6-8-18(9-7-17)30(28,29)24-12-10-23(11-13-24)19-14-20(26)25(21(19)27)15-16-4-2-1-3-5-16/h1-9,19H,10-15H2/t19-/m0/s1. The van der Waals surface area contributed by atoms with Crippen molar-refractivity contribution in [3.8, 4) is 0 Å². The van der Waals surface area contributed by atoms with Crippen LogP contribution in [0.2, 0.25) is 5.02 Å². The molecule has 2 saturated heterocycles. The normalized spacial score (nSPS) is 21.4. The third kappa shape index (κ3) is 4.13. The van der Waals surface area contributed by atoms with E-state index in [0.29, 0.717) is 18.1 Å². The lowest BCUT2D eigenvalue weighted by molar-refractivity contribution is -0.140. The average Bonchev–Trinajstić information content (AvgIpc) is 3.03. The van der Waals surface area contributed by atoms with Crippen molar-refractivity contribution in [2.45, 2.75) is 23.9 Å². The van der Waals surface area contributed by atoms with E-state index in [1.54, 1.807) is 12.1 Å². The van der Waals surface area contributed by atoms with Crippen molar-refractivity contribution >= 4 is 33.4 Å². The van der Waals surface area contributed by atoms with Crippen LogP contribution in [0.5, 0.6) is 0 Å². The van der Waals surface area contributed by atoms with Gasteiger partial charge in [0.05, 0.1) is 23.9 Å². The van der Waals surface area contributed by atoms with Gasteiger partial charge in [0.2, 0.25) is 21.8 Å². The van der Waals surface area contributed by atoms with Gasteiger partial charge in [-0.15, -0.1) is 0 Å². The van der Waals surface area contributed by atoms with Crippen molar-refractivity contribution in [1.29, 1.82) is 0 Å². The molecule has 0 aromatic heterocycles. The van der Waals surface area contributed by atoms with Gasteiger partial charge in [-0.2, -0.15) is 4.31 Å². The number of piperazine rings is 1. The molecule has 0 saturated carbocycles. The molecule has 30 heavy (non-hydrogen) atoms. The van der Waals surface area contributed by atoms with E-state index in [0.717, 1.165) is 5.56 Å². The highest BCUT2D eigenvalue weighted by Gasteiger charge is 2.43. The van der Waals surface area contributed by atoms with Gasteiger partial charge in [0, 0.05) is 31.2 Å². The number of halogens is 1. The molecule has 0 N–H and O–H groups in total. The minimum absolute atomic E-state index is 0.135. The van der Waals surface area contributed by atoms with Crippen LogP contribution in [0.25, 0.3) is 0 Å². The maximum absolute atomic E-state index is 12.9. The Morgan fingerprint density at radius 2 is 1.53 bits per heavy atom. The molecule has 2 amide bonds. The summed E-state index contributed by atoms with van der Waals surface area (Å²) in [6.45, 7) is 1.59. The van der Waals surface area contributed by atoms with Gasteiger partial charge in [0.1, 0.15) is 0 Å². The molecule has 2 aromatic rings. The second-order valence-electron chi connectivity index (χ2n) is 7.42. The molecule has 0 unspecified atom stereocenters. The van der Waals surface area contributed by atoms with Crippen LogP contribution in [0.15, 0.2) is 59.5 Å². The number of hydrogen-bond acceptors (Lipinski definition) is 5. The van der Waals surface area contributed by atoms with E-state index in [4.69, 9.17) is 11.6 Å². The van der Waals surface area contributed by atoms with Crippen molar-refractivity contribution in [3.05, 3.63) is 65.2 Å². The molecule has 0 bridgehead atoms. The van der Waals surface area contributed by atoms with Gasteiger partial charge in [-0.1, -0.05) is 41.9 Å². The first-order chi connectivity index (χ1) is 14.4. The summed E-state index contributed by atoms with van der Waals surface area (Å²) in [5.74, 6) is -0.400. The number of rotatable bonds is 5. The largest absolute Gasteiger partial charge is 0.289 e. The quantitative estimate of drug-likeness (QED) is 0.655. The molecule has 2 aliphatic heterocycles. The summed E-state index contributed by atoms with van der Waals surface area (Å²) >= 11 is 5.85. The molecular formula is C21H22ClN3O4S. The van der Waals surface area contributed by atoms with Gasteiger partial charge < -0.3 is 0 Å². The summed E-state index contributed by atoms with van der Waals surface area (Å²) < 4.78 is 27.1. The lowest BCUT2D eigenvalue weighted by atomic mass is 10.2. The lowest BCUT2D eigenvalue weighted by Crippen LogP contribution is -2.53. The van der Waals surface area contributed by atoms with E-state index in [1.807, 2.05) is 35.2 Å². The van der Waals surface area contributed by atoms with Crippen LogP contribution >= 0.6 is 11.6 Å². The van der Waals surface area contributed by atoms with Crippen LogP contribution in [0.1, 0.15) is 12.0 Å². The number of benzene rings is 2. The van der Waals surface area contributed by atoms with E-state index in [1.165, 1.54) is 21.3 Å². The van der Waals surface area contributed by atoms with Gasteiger partial charge >= 0.3 is 0 Å². The van der Waals surface area contributed by atoms with Crippen LogP contribution in [0, 0.1) is 0 Å². The fourth-order valence-electron chi connectivity index (χ4n) is 3.89. The van der Waals surface area contributed by atoms with Gasteiger partial charge in [0.25, 0.3) is 0 Å². The van der Waals surface area contributed by atoms with Crippen molar-refractivity contribution in [2.75, 3.05) is 26.2 Å². The average molecular weight is 448 g/mol. The fraction of sp³-hybridized carbons (Fsp3) is 0.333. The Balaban J connectivity index is 1.40. The van der Waals surface area contributed by atoms with Crippen molar-refractivity contribution in [3.63, 3.8) is 0 Å². The zero-order chi connectivity index (χ0) is 21.3. The predicted octanol–water partition coefficient (Wildman–Crippen LogP) is 1.97. The zero-order valence-electron chi connectivity index (χ0n) is 16.3. The molecule has 2 heterocycles. The van der Waals surface area contributed by atoms with Gasteiger partial charge in [-0.3, -0.25) is 19.4 Å². The molecule has 158 valence electrons.